The van der Waals surface area contributed by atoms with Crippen LogP contribution in [0.1, 0.15) is 38.7 Å². The van der Waals surface area contributed by atoms with E-state index in [1.165, 1.54) is 6.07 Å². The van der Waals surface area contributed by atoms with Crippen molar-refractivity contribution in [2.45, 2.75) is 18.6 Å². The third kappa shape index (κ3) is 5.52. The van der Waals surface area contributed by atoms with Gasteiger partial charge in [0.05, 0.1) is 23.2 Å². The largest absolute Gasteiger partial charge is 0.380 e. The summed E-state index contributed by atoms with van der Waals surface area (Å²) in [6.07, 6.45) is 0.670. The summed E-state index contributed by atoms with van der Waals surface area (Å²) < 4.78 is 5.73. The molecule has 1 N–H and O–H groups in total. The minimum Gasteiger partial charge on any atom is -0.380 e. The van der Waals surface area contributed by atoms with Crippen LogP contribution in [0.2, 0.25) is 10.0 Å². The number of hydrogen-bond acceptors (Lipinski definition) is 4. The van der Waals surface area contributed by atoms with Gasteiger partial charge < -0.3 is 19.9 Å². The fourth-order valence-corrected chi connectivity index (χ4v) is 4.84. The van der Waals surface area contributed by atoms with Crippen molar-refractivity contribution >= 4 is 46.4 Å². The van der Waals surface area contributed by atoms with Crippen molar-refractivity contribution in [2.75, 3.05) is 38.0 Å². The number of rotatable bonds is 5. The molecule has 8 heteroatoms. The number of nitrogens with one attached hydrogen (secondary N) is 1. The van der Waals surface area contributed by atoms with Gasteiger partial charge in [-0.2, -0.15) is 0 Å². The van der Waals surface area contributed by atoms with E-state index in [1.807, 2.05) is 32.3 Å². The number of para-hydroxylation sites is 1. The van der Waals surface area contributed by atoms with Crippen LogP contribution in [0.25, 0.3) is 0 Å². The molecule has 4 rings (SSSR count). The Morgan fingerprint density at radius 3 is 2.40 bits per heavy atom. The fraction of sp³-hybridized carbons (Fsp3) is 0.259. The number of ether oxygens (including phenoxy) is 1. The van der Waals surface area contributed by atoms with Crippen molar-refractivity contribution < 1.29 is 14.3 Å². The highest BCUT2D eigenvalue weighted by atomic mass is 35.5. The van der Waals surface area contributed by atoms with Gasteiger partial charge in [0, 0.05) is 35.1 Å². The molecular formula is C27H27Cl2N3O3. The molecule has 1 heterocycles. The number of fused-ring (bicyclic) bond motifs is 1. The van der Waals surface area contributed by atoms with E-state index in [-0.39, 0.29) is 29.0 Å². The molecule has 0 aromatic heterocycles. The minimum absolute atomic E-state index is 0.110. The van der Waals surface area contributed by atoms with E-state index in [4.69, 9.17) is 27.9 Å². The summed E-state index contributed by atoms with van der Waals surface area (Å²) in [6.45, 7) is 0.449. The second-order valence-electron chi connectivity index (χ2n) is 8.70. The van der Waals surface area contributed by atoms with Crippen molar-refractivity contribution in [2.24, 2.45) is 0 Å². The topological polar surface area (TPSA) is 61.9 Å². The van der Waals surface area contributed by atoms with Crippen LogP contribution in [0.3, 0.4) is 0 Å². The summed E-state index contributed by atoms with van der Waals surface area (Å²) in [5.74, 6) is -0.484. The first-order valence-corrected chi connectivity index (χ1v) is 12.0. The molecule has 1 aliphatic heterocycles. The number of carbonyl (C=O) groups excluding carboxylic acids is 2. The Hall–Kier alpha value is -2.90. The zero-order valence-corrected chi connectivity index (χ0v) is 21.3. The third-order valence-corrected chi connectivity index (χ3v) is 6.77. The molecule has 182 valence electrons. The summed E-state index contributed by atoms with van der Waals surface area (Å²) in [5, 5.41) is 3.53. The Balaban J connectivity index is 1.57. The first-order valence-electron chi connectivity index (χ1n) is 11.2. The van der Waals surface area contributed by atoms with Crippen LogP contribution in [0.5, 0.6) is 0 Å². The molecule has 35 heavy (non-hydrogen) atoms. The predicted octanol–water partition coefficient (Wildman–Crippen LogP) is 5.91. The van der Waals surface area contributed by atoms with E-state index in [9.17, 15) is 9.59 Å². The van der Waals surface area contributed by atoms with E-state index >= 15 is 0 Å². The highest BCUT2D eigenvalue weighted by Crippen LogP contribution is 2.37. The lowest BCUT2D eigenvalue weighted by molar-refractivity contribution is 0.0743. The van der Waals surface area contributed by atoms with Gasteiger partial charge in [0.15, 0.2) is 0 Å². The quantitative estimate of drug-likeness (QED) is 0.462. The molecule has 6 nitrogen and oxygen atoms in total. The third-order valence-electron chi connectivity index (χ3n) is 6.23. The van der Waals surface area contributed by atoms with Crippen LogP contribution >= 0.6 is 23.2 Å². The van der Waals surface area contributed by atoms with Crippen molar-refractivity contribution in [1.29, 1.82) is 0 Å². The number of methoxy groups -OCH3 is 1. The van der Waals surface area contributed by atoms with Crippen LogP contribution < -0.4 is 10.2 Å². The van der Waals surface area contributed by atoms with Gasteiger partial charge in [-0.1, -0.05) is 41.4 Å². The Bertz CT molecular complexity index is 1230. The van der Waals surface area contributed by atoms with Crippen LogP contribution in [0.15, 0.2) is 66.7 Å². The molecule has 3 aromatic rings. The van der Waals surface area contributed by atoms with E-state index in [1.54, 1.807) is 48.4 Å². The number of hydrogen-bond donors (Lipinski definition) is 1. The Morgan fingerprint density at radius 1 is 1.03 bits per heavy atom. The molecule has 0 radical (unpaired) electrons. The highest BCUT2D eigenvalue weighted by Gasteiger charge is 2.32. The first kappa shape index (κ1) is 25.2. The molecule has 2 unspecified atom stereocenters. The number of anilines is 2. The lowest BCUT2D eigenvalue weighted by atomic mass is 10.00. The molecule has 0 aliphatic carbocycles. The number of halogens is 2. The number of carbonyl (C=O) groups is 2. The standard InChI is InChI=1S/C27H27Cl2N3O3/c1-31(2)25-15-20(35-3)16-32(24-7-5-4-6-22(24)25)27(34)17-8-11-19(12-9-17)30-26(33)21-13-10-18(28)14-23(21)29/h4-14,20,25H,15-16H2,1-3H3,(H,30,33). The van der Waals surface area contributed by atoms with Gasteiger partial charge in [0.25, 0.3) is 11.8 Å². The Labute approximate surface area is 215 Å². The lowest BCUT2D eigenvalue weighted by Gasteiger charge is -2.26. The molecule has 0 spiro atoms. The maximum Gasteiger partial charge on any atom is 0.258 e. The minimum atomic E-state index is -0.357. The van der Waals surface area contributed by atoms with Crippen molar-refractivity contribution in [3.05, 3.63) is 93.5 Å². The number of nitrogens with zero attached hydrogens (tertiary/aromatic N) is 2. The van der Waals surface area contributed by atoms with E-state index in [0.717, 1.165) is 17.7 Å². The number of benzene rings is 3. The highest BCUT2D eigenvalue weighted by molar-refractivity contribution is 6.37. The van der Waals surface area contributed by atoms with Crippen molar-refractivity contribution in [3.8, 4) is 0 Å². The first-order chi connectivity index (χ1) is 16.8. The van der Waals surface area contributed by atoms with Gasteiger partial charge in [0.2, 0.25) is 0 Å². The van der Waals surface area contributed by atoms with Crippen LogP contribution in [0, 0.1) is 0 Å². The molecule has 0 bridgehead atoms. The van der Waals surface area contributed by atoms with Crippen molar-refractivity contribution in [1.82, 2.24) is 4.90 Å². The summed E-state index contributed by atoms with van der Waals surface area (Å²) in [7, 11) is 5.76. The van der Waals surface area contributed by atoms with Crippen LogP contribution in [-0.4, -0.2) is 50.6 Å². The average Bonchev–Trinajstić information content (AvgIpc) is 3.01. The van der Waals surface area contributed by atoms with Gasteiger partial charge in [-0.15, -0.1) is 0 Å². The normalized spacial score (nSPS) is 17.6. The molecule has 2 atom stereocenters. The summed E-state index contributed by atoms with van der Waals surface area (Å²) in [5.41, 5.74) is 3.36. The van der Waals surface area contributed by atoms with Gasteiger partial charge >= 0.3 is 0 Å². The van der Waals surface area contributed by atoms with Crippen molar-refractivity contribution in [3.63, 3.8) is 0 Å². The molecule has 0 saturated carbocycles. The monoisotopic (exact) mass is 511 g/mol. The smallest absolute Gasteiger partial charge is 0.258 e. The molecule has 1 aliphatic rings. The van der Waals surface area contributed by atoms with E-state index in [2.05, 4.69) is 16.3 Å². The van der Waals surface area contributed by atoms with Gasteiger partial charge in [-0.05, 0) is 74.6 Å². The van der Waals surface area contributed by atoms with Crippen LogP contribution in [-0.2, 0) is 4.74 Å². The van der Waals surface area contributed by atoms with Gasteiger partial charge in [-0.3, -0.25) is 9.59 Å². The zero-order valence-electron chi connectivity index (χ0n) is 19.8. The van der Waals surface area contributed by atoms with E-state index in [0.29, 0.717) is 28.4 Å². The maximum atomic E-state index is 13.6. The second kappa shape index (κ2) is 10.8. The van der Waals surface area contributed by atoms with Gasteiger partial charge in [0.1, 0.15) is 0 Å². The molecule has 0 fully saturated rings. The SMILES string of the molecule is COC1CC(N(C)C)c2ccccc2N(C(=O)c2ccc(NC(=O)c3ccc(Cl)cc3Cl)cc2)C1. The average molecular weight is 512 g/mol. The molecule has 2 amide bonds. The maximum absolute atomic E-state index is 13.6. The fourth-order valence-electron chi connectivity index (χ4n) is 4.34. The summed E-state index contributed by atoms with van der Waals surface area (Å²) in [6, 6.07) is 19.6. The second-order valence-corrected chi connectivity index (χ2v) is 9.55. The molecular weight excluding hydrogens is 485 g/mol. The van der Waals surface area contributed by atoms with Crippen LogP contribution in [0.4, 0.5) is 11.4 Å². The predicted molar refractivity (Wildman–Crippen MR) is 141 cm³/mol. The summed E-state index contributed by atoms with van der Waals surface area (Å²) in [4.78, 5) is 30.2. The van der Waals surface area contributed by atoms with E-state index < -0.39 is 0 Å². The Morgan fingerprint density at radius 2 is 1.74 bits per heavy atom. The summed E-state index contributed by atoms with van der Waals surface area (Å²) >= 11 is 12.1. The number of amides is 2. The molecule has 3 aromatic carbocycles. The lowest BCUT2D eigenvalue weighted by Crippen LogP contribution is -2.37. The Kier molecular flexibility index (Phi) is 7.77. The van der Waals surface area contributed by atoms with Gasteiger partial charge in [-0.25, -0.2) is 0 Å². The molecule has 0 saturated heterocycles. The zero-order chi connectivity index (χ0) is 25.1.